The third kappa shape index (κ3) is 2.63. The van der Waals surface area contributed by atoms with E-state index in [2.05, 4.69) is 20.9 Å². The fourth-order valence-corrected chi connectivity index (χ4v) is 1.16. The van der Waals surface area contributed by atoms with Crippen LogP contribution in [0.4, 0.5) is 0 Å². The molecule has 1 atom stereocenters. The molecule has 62 valence electrons. The van der Waals surface area contributed by atoms with Crippen LogP contribution in [-0.4, -0.2) is 22.8 Å². The van der Waals surface area contributed by atoms with Gasteiger partial charge in [-0.25, -0.2) is 4.98 Å². The Labute approximate surface area is 74.5 Å². The van der Waals surface area contributed by atoms with Gasteiger partial charge in [0.2, 0.25) is 0 Å². The molecule has 1 unspecified atom stereocenters. The van der Waals surface area contributed by atoms with E-state index < -0.39 is 0 Å². The van der Waals surface area contributed by atoms with Crippen molar-refractivity contribution in [1.29, 1.82) is 0 Å². The lowest BCUT2D eigenvalue weighted by Gasteiger charge is -2.08. The van der Waals surface area contributed by atoms with Gasteiger partial charge < -0.3 is 9.30 Å². The van der Waals surface area contributed by atoms with Crippen LogP contribution in [0.25, 0.3) is 0 Å². The number of aromatic nitrogens is 2. The monoisotopic (exact) mass is 218 g/mol. The molecular weight excluding hydrogens is 208 g/mol. The Morgan fingerprint density at radius 3 is 3.00 bits per heavy atom. The Bertz CT molecular complexity index is 224. The van der Waals surface area contributed by atoms with E-state index in [4.69, 9.17) is 4.74 Å². The molecule has 4 heteroatoms. The highest BCUT2D eigenvalue weighted by Gasteiger charge is 2.00. The van der Waals surface area contributed by atoms with E-state index in [1.807, 2.05) is 17.7 Å². The van der Waals surface area contributed by atoms with Crippen LogP contribution >= 0.6 is 15.9 Å². The van der Waals surface area contributed by atoms with Crippen LogP contribution in [0.2, 0.25) is 0 Å². The minimum Gasteiger partial charge on any atom is -0.380 e. The van der Waals surface area contributed by atoms with Gasteiger partial charge in [0, 0.05) is 19.9 Å². The van der Waals surface area contributed by atoms with Crippen molar-refractivity contribution in [2.24, 2.45) is 0 Å². The number of hydrogen-bond donors (Lipinski definition) is 0. The summed E-state index contributed by atoms with van der Waals surface area (Å²) in [6, 6.07) is 0. The first kappa shape index (κ1) is 8.74. The number of imidazole rings is 1. The van der Waals surface area contributed by atoms with Gasteiger partial charge in [0.15, 0.2) is 0 Å². The van der Waals surface area contributed by atoms with Gasteiger partial charge in [0.25, 0.3) is 0 Å². The number of ether oxygens (including phenoxy) is 1. The molecule has 0 N–H and O–H groups in total. The molecule has 1 rings (SSSR count). The molecular formula is C7H11BrN2O. The zero-order valence-electron chi connectivity index (χ0n) is 6.62. The standard InChI is InChI=1S/C7H11BrN2O/c1-6(11-2)3-10-4-7(8)9-5-10/h4-6H,3H2,1-2H3. The van der Waals surface area contributed by atoms with Crippen molar-refractivity contribution in [2.75, 3.05) is 7.11 Å². The summed E-state index contributed by atoms with van der Waals surface area (Å²) in [7, 11) is 1.70. The van der Waals surface area contributed by atoms with Gasteiger partial charge in [0.1, 0.15) is 4.60 Å². The van der Waals surface area contributed by atoms with E-state index >= 15 is 0 Å². The highest BCUT2D eigenvalue weighted by Crippen LogP contribution is 2.05. The van der Waals surface area contributed by atoms with Crippen molar-refractivity contribution >= 4 is 15.9 Å². The summed E-state index contributed by atoms with van der Waals surface area (Å²) in [5.41, 5.74) is 0. The van der Waals surface area contributed by atoms with Crippen molar-refractivity contribution in [3.63, 3.8) is 0 Å². The molecule has 0 aliphatic carbocycles. The molecule has 0 aliphatic heterocycles. The third-order valence-electron chi connectivity index (χ3n) is 1.47. The van der Waals surface area contributed by atoms with Gasteiger partial charge in [-0.3, -0.25) is 0 Å². The van der Waals surface area contributed by atoms with Crippen LogP contribution in [-0.2, 0) is 11.3 Å². The molecule has 0 saturated carbocycles. The molecule has 0 amide bonds. The Morgan fingerprint density at radius 2 is 2.55 bits per heavy atom. The largest absolute Gasteiger partial charge is 0.380 e. The lowest BCUT2D eigenvalue weighted by Crippen LogP contribution is -2.13. The van der Waals surface area contributed by atoms with Crippen molar-refractivity contribution < 1.29 is 4.74 Å². The summed E-state index contributed by atoms with van der Waals surface area (Å²) in [5.74, 6) is 0. The Kier molecular flexibility index (Phi) is 3.08. The van der Waals surface area contributed by atoms with Crippen LogP contribution in [0.5, 0.6) is 0 Å². The fourth-order valence-electron chi connectivity index (χ4n) is 0.804. The number of halogens is 1. The zero-order chi connectivity index (χ0) is 8.27. The molecule has 0 aromatic carbocycles. The maximum Gasteiger partial charge on any atom is 0.124 e. The van der Waals surface area contributed by atoms with Crippen LogP contribution in [0, 0.1) is 0 Å². The average molecular weight is 219 g/mol. The van der Waals surface area contributed by atoms with Crippen molar-refractivity contribution in [3.05, 3.63) is 17.1 Å². The molecule has 0 radical (unpaired) electrons. The molecule has 1 aromatic rings. The van der Waals surface area contributed by atoms with Gasteiger partial charge in [0.05, 0.1) is 12.4 Å². The highest BCUT2D eigenvalue weighted by molar-refractivity contribution is 9.10. The van der Waals surface area contributed by atoms with E-state index in [0.717, 1.165) is 11.1 Å². The quantitative estimate of drug-likeness (QED) is 0.773. The Morgan fingerprint density at radius 1 is 1.82 bits per heavy atom. The van der Waals surface area contributed by atoms with Gasteiger partial charge >= 0.3 is 0 Å². The maximum atomic E-state index is 5.10. The normalized spacial score (nSPS) is 13.4. The second-order valence-electron chi connectivity index (χ2n) is 2.44. The average Bonchev–Trinajstić information content (AvgIpc) is 2.35. The van der Waals surface area contributed by atoms with Gasteiger partial charge in [-0.05, 0) is 22.9 Å². The molecule has 0 saturated heterocycles. The van der Waals surface area contributed by atoms with E-state index in [0.29, 0.717) is 0 Å². The first-order valence-corrected chi connectivity index (χ1v) is 4.21. The van der Waals surface area contributed by atoms with Crippen LogP contribution in [0.3, 0.4) is 0 Å². The minimum absolute atomic E-state index is 0.232. The number of hydrogen-bond acceptors (Lipinski definition) is 2. The second kappa shape index (κ2) is 3.88. The molecule has 0 fully saturated rings. The van der Waals surface area contributed by atoms with E-state index in [9.17, 15) is 0 Å². The first-order chi connectivity index (χ1) is 5.22. The number of rotatable bonds is 3. The zero-order valence-corrected chi connectivity index (χ0v) is 8.21. The van der Waals surface area contributed by atoms with E-state index in [1.165, 1.54) is 0 Å². The number of methoxy groups -OCH3 is 1. The van der Waals surface area contributed by atoms with Crippen molar-refractivity contribution in [1.82, 2.24) is 9.55 Å². The molecule has 0 bridgehead atoms. The summed E-state index contributed by atoms with van der Waals surface area (Å²) in [6.07, 6.45) is 3.94. The highest BCUT2D eigenvalue weighted by atomic mass is 79.9. The summed E-state index contributed by atoms with van der Waals surface area (Å²) in [4.78, 5) is 4.03. The third-order valence-corrected chi connectivity index (χ3v) is 1.88. The summed E-state index contributed by atoms with van der Waals surface area (Å²) in [5, 5.41) is 0. The van der Waals surface area contributed by atoms with Crippen LogP contribution < -0.4 is 0 Å². The van der Waals surface area contributed by atoms with Crippen molar-refractivity contribution in [3.8, 4) is 0 Å². The predicted molar refractivity (Wildman–Crippen MR) is 46.4 cm³/mol. The molecule has 3 nitrogen and oxygen atoms in total. The lowest BCUT2D eigenvalue weighted by molar-refractivity contribution is 0.103. The van der Waals surface area contributed by atoms with Crippen LogP contribution in [0.1, 0.15) is 6.92 Å². The summed E-state index contributed by atoms with van der Waals surface area (Å²) < 4.78 is 7.95. The molecule has 11 heavy (non-hydrogen) atoms. The number of nitrogens with zero attached hydrogens (tertiary/aromatic N) is 2. The molecule has 0 spiro atoms. The van der Waals surface area contributed by atoms with Gasteiger partial charge in [-0.1, -0.05) is 0 Å². The SMILES string of the molecule is COC(C)Cn1cnc(Br)c1. The summed E-state index contributed by atoms with van der Waals surface area (Å²) >= 11 is 3.27. The summed E-state index contributed by atoms with van der Waals surface area (Å²) in [6.45, 7) is 2.86. The lowest BCUT2D eigenvalue weighted by atomic mass is 10.4. The van der Waals surface area contributed by atoms with E-state index in [-0.39, 0.29) is 6.10 Å². The van der Waals surface area contributed by atoms with Gasteiger partial charge in [-0.2, -0.15) is 0 Å². The topological polar surface area (TPSA) is 27.1 Å². The smallest absolute Gasteiger partial charge is 0.124 e. The molecule has 1 heterocycles. The maximum absolute atomic E-state index is 5.10. The fraction of sp³-hybridized carbons (Fsp3) is 0.571. The second-order valence-corrected chi connectivity index (χ2v) is 3.25. The van der Waals surface area contributed by atoms with Crippen molar-refractivity contribution in [2.45, 2.75) is 19.6 Å². The Hall–Kier alpha value is -0.350. The van der Waals surface area contributed by atoms with Crippen LogP contribution in [0.15, 0.2) is 17.1 Å². The Balaban J connectivity index is 2.50. The molecule has 0 aliphatic rings. The minimum atomic E-state index is 0.232. The molecule has 1 aromatic heterocycles. The first-order valence-electron chi connectivity index (χ1n) is 3.42. The van der Waals surface area contributed by atoms with Gasteiger partial charge in [-0.15, -0.1) is 0 Å². The van der Waals surface area contributed by atoms with E-state index in [1.54, 1.807) is 13.4 Å². The predicted octanol–water partition coefficient (Wildman–Crippen LogP) is 1.68.